The summed E-state index contributed by atoms with van der Waals surface area (Å²) >= 11 is 0. The van der Waals surface area contributed by atoms with Gasteiger partial charge in [-0.1, -0.05) is 5.16 Å². The molecule has 0 aliphatic rings. The van der Waals surface area contributed by atoms with Crippen LogP contribution in [-0.2, 0) is 0 Å². The summed E-state index contributed by atoms with van der Waals surface area (Å²) in [5, 5.41) is 39.5. The van der Waals surface area contributed by atoms with Gasteiger partial charge in [0.1, 0.15) is 0 Å². The topological polar surface area (TPSA) is 166 Å². The van der Waals surface area contributed by atoms with Crippen LogP contribution in [-0.4, -0.2) is 37.3 Å². The number of aromatic amines is 1. The molecule has 130 valence electrons. The SMILES string of the molecule is O=C(N=Nc1c(O)[nH]c2ccc([N+](=O)[O-])cc12)c1ccc(C=NO)nc1. The Bertz CT molecular complexity index is 1050. The third-order valence-electron chi connectivity index (χ3n) is 3.41. The minimum atomic E-state index is -0.732. The number of nitro benzene ring substituents is 1. The Labute approximate surface area is 144 Å². The Balaban J connectivity index is 1.92. The molecule has 0 spiro atoms. The summed E-state index contributed by atoms with van der Waals surface area (Å²) < 4.78 is 0. The maximum absolute atomic E-state index is 12.0. The van der Waals surface area contributed by atoms with Crippen LogP contribution >= 0.6 is 0 Å². The molecule has 1 amide bonds. The lowest BCUT2D eigenvalue weighted by atomic mass is 10.2. The smallest absolute Gasteiger partial charge is 0.296 e. The molecule has 26 heavy (non-hydrogen) atoms. The molecule has 2 aromatic heterocycles. The zero-order chi connectivity index (χ0) is 18.7. The number of pyridine rings is 1. The minimum Gasteiger partial charge on any atom is -0.493 e. The van der Waals surface area contributed by atoms with Crippen LogP contribution in [0.5, 0.6) is 5.88 Å². The van der Waals surface area contributed by atoms with Gasteiger partial charge in [0.2, 0.25) is 5.88 Å². The molecule has 0 aliphatic carbocycles. The zero-order valence-corrected chi connectivity index (χ0v) is 12.9. The minimum absolute atomic E-state index is 0.0888. The van der Waals surface area contributed by atoms with Gasteiger partial charge in [0.15, 0.2) is 5.69 Å². The fourth-order valence-corrected chi connectivity index (χ4v) is 2.19. The number of aromatic nitrogens is 2. The van der Waals surface area contributed by atoms with Crippen LogP contribution in [0.1, 0.15) is 16.1 Å². The van der Waals surface area contributed by atoms with Gasteiger partial charge in [0, 0.05) is 23.7 Å². The summed E-state index contributed by atoms with van der Waals surface area (Å²) in [6.45, 7) is 0. The Kier molecular flexibility index (Phi) is 4.34. The van der Waals surface area contributed by atoms with Gasteiger partial charge in [-0.3, -0.25) is 19.9 Å². The number of hydrogen-bond donors (Lipinski definition) is 3. The number of azo groups is 1. The van der Waals surface area contributed by atoms with E-state index in [1.165, 1.54) is 36.5 Å². The first-order valence-corrected chi connectivity index (χ1v) is 7.08. The van der Waals surface area contributed by atoms with E-state index in [0.717, 1.165) is 6.21 Å². The number of H-pyrrole nitrogens is 1. The average molecular weight is 354 g/mol. The van der Waals surface area contributed by atoms with Gasteiger partial charge < -0.3 is 15.3 Å². The number of hydrogen-bond acceptors (Lipinski definition) is 8. The van der Waals surface area contributed by atoms with Crippen molar-refractivity contribution in [3.8, 4) is 5.88 Å². The van der Waals surface area contributed by atoms with Crippen molar-refractivity contribution in [1.29, 1.82) is 0 Å². The third kappa shape index (κ3) is 3.21. The monoisotopic (exact) mass is 354 g/mol. The highest BCUT2D eigenvalue weighted by molar-refractivity contribution is 5.97. The molecule has 2 heterocycles. The highest BCUT2D eigenvalue weighted by atomic mass is 16.6. The van der Waals surface area contributed by atoms with Crippen LogP contribution in [0, 0.1) is 10.1 Å². The van der Waals surface area contributed by atoms with Gasteiger partial charge in [-0.15, -0.1) is 10.2 Å². The number of benzene rings is 1. The Hall–Kier alpha value is -4.15. The first-order chi connectivity index (χ1) is 12.5. The Morgan fingerprint density at radius 1 is 1.31 bits per heavy atom. The fourth-order valence-electron chi connectivity index (χ4n) is 2.19. The lowest BCUT2D eigenvalue weighted by Crippen LogP contribution is -1.96. The van der Waals surface area contributed by atoms with Crippen LogP contribution in [0.4, 0.5) is 11.4 Å². The number of non-ortho nitro benzene ring substituents is 1. The van der Waals surface area contributed by atoms with Crippen molar-refractivity contribution < 1.29 is 20.0 Å². The molecular formula is C15H10N6O5. The number of aromatic hydroxyl groups is 1. The van der Waals surface area contributed by atoms with E-state index in [0.29, 0.717) is 11.2 Å². The molecule has 0 bridgehead atoms. The summed E-state index contributed by atoms with van der Waals surface area (Å²) in [4.78, 5) is 28.8. The predicted molar refractivity (Wildman–Crippen MR) is 89.1 cm³/mol. The molecule has 0 aliphatic heterocycles. The number of nitrogens with one attached hydrogen (secondary N) is 1. The van der Waals surface area contributed by atoms with Crippen LogP contribution in [0.3, 0.4) is 0 Å². The molecule has 11 nitrogen and oxygen atoms in total. The molecule has 3 rings (SSSR count). The number of nitro groups is 1. The van der Waals surface area contributed by atoms with Gasteiger partial charge in [-0.05, 0) is 18.2 Å². The van der Waals surface area contributed by atoms with Crippen LogP contribution in [0.25, 0.3) is 10.9 Å². The highest BCUT2D eigenvalue weighted by Crippen LogP contribution is 2.37. The molecular weight excluding hydrogens is 344 g/mol. The number of fused-ring (bicyclic) bond motifs is 1. The van der Waals surface area contributed by atoms with Gasteiger partial charge in [0.05, 0.1) is 27.9 Å². The van der Waals surface area contributed by atoms with Crippen molar-refractivity contribution in [2.24, 2.45) is 15.4 Å². The number of carbonyl (C=O) groups is 1. The Morgan fingerprint density at radius 3 is 2.77 bits per heavy atom. The first-order valence-electron chi connectivity index (χ1n) is 7.08. The van der Waals surface area contributed by atoms with E-state index in [9.17, 15) is 20.0 Å². The van der Waals surface area contributed by atoms with E-state index in [2.05, 4.69) is 25.4 Å². The zero-order valence-electron chi connectivity index (χ0n) is 12.9. The van der Waals surface area contributed by atoms with E-state index in [-0.39, 0.29) is 28.2 Å². The number of rotatable bonds is 4. The molecule has 3 N–H and O–H groups in total. The van der Waals surface area contributed by atoms with Gasteiger partial charge in [0.25, 0.3) is 11.6 Å². The predicted octanol–water partition coefficient (Wildman–Crippen LogP) is 2.91. The first kappa shape index (κ1) is 16.7. The van der Waals surface area contributed by atoms with Crippen molar-refractivity contribution in [2.75, 3.05) is 0 Å². The average Bonchev–Trinajstić information content (AvgIpc) is 2.95. The normalized spacial score (nSPS) is 11.5. The van der Waals surface area contributed by atoms with Crippen LogP contribution in [0.15, 0.2) is 51.9 Å². The maximum Gasteiger partial charge on any atom is 0.296 e. The number of carbonyl (C=O) groups excluding carboxylic acids is 1. The van der Waals surface area contributed by atoms with Crippen molar-refractivity contribution in [3.63, 3.8) is 0 Å². The number of amides is 1. The molecule has 0 unspecified atom stereocenters. The molecule has 0 fully saturated rings. The highest BCUT2D eigenvalue weighted by Gasteiger charge is 2.15. The summed E-state index contributed by atoms with van der Waals surface area (Å²) in [5.74, 6) is -1.10. The summed E-state index contributed by atoms with van der Waals surface area (Å²) in [7, 11) is 0. The van der Waals surface area contributed by atoms with E-state index < -0.39 is 10.8 Å². The van der Waals surface area contributed by atoms with E-state index in [4.69, 9.17) is 5.21 Å². The van der Waals surface area contributed by atoms with Gasteiger partial charge in [-0.2, -0.15) is 0 Å². The number of oxime groups is 1. The number of nitrogens with zero attached hydrogens (tertiary/aromatic N) is 5. The molecule has 3 aromatic rings. The molecule has 1 aromatic carbocycles. The van der Waals surface area contributed by atoms with Crippen molar-refractivity contribution in [2.45, 2.75) is 0 Å². The van der Waals surface area contributed by atoms with Crippen molar-refractivity contribution in [1.82, 2.24) is 9.97 Å². The van der Waals surface area contributed by atoms with Crippen LogP contribution in [0.2, 0.25) is 0 Å². The molecule has 11 heteroatoms. The van der Waals surface area contributed by atoms with Crippen molar-refractivity contribution >= 4 is 34.4 Å². The van der Waals surface area contributed by atoms with E-state index >= 15 is 0 Å². The lowest BCUT2D eigenvalue weighted by molar-refractivity contribution is -0.384. The van der Waals surface area contributed by atoms with Gasteiger partial charge >= 0.3 is 0 Å². The molecule has 0 saturated heterocycles. The second-order valence-corrected chi connectivity index (χ2v) is 5.03. The van der Waals surface area contributed by atoms with Crippen LogP contribution < -0.4 is 0 Å². The molecule has 0 radical (unpaired) electrons. The lowest BCUT2D eigenvalue weighted by Gasteiger charge is -1.95. The second-order valence-electron chi connectivity index (χ2n) is 5.03. The van der Waals surface area contributed by atoms with E-state index in [1.807, 2.05) is 0 Å². The standard InChI is InChI=1S/C15H10N6O5/c22-14(8-1-2-9(7-17-24)16-6-8)20-19-13-11-5-10(21(25)26)3-4-12(11)18-15(13)23/h1-7,18,23-24H. The Morgan fingerprint density at radius 2 is 2.12 bits per heavy atom. The van der Waals surface area contributed by atoms with Crippen molar-refractivity contribution in [3.05, 3.63) is 57.9 Å². The maximum atomic E-state index is 12.0. The van der Waals surface area contributed by atoms with Gasteiger partial charge in [-0.25, -0.2) is 0 Å². The second kappa shape index (κ2) is 6.76. The summed E-state index contributed by atoms with van der Waals surface area (Å²) in [6, 6.07) is 6.75. The summed E-state index contributed by atoms with van der Waals surface area (Å²) in [6.07, 6.45) is 2.31. The third-order valence-corrected chi connectivity index (χ3v) is 3.41. The molecule has 0 saturated carbocycles. The largest absolute Gasteiger partial charge is 0.493 e. The molecule has 0 atom stereocenters. The quantitative estimate of drug-likeness (QED) is 0.214. The fraction of sp³-hybridized carbons (Fsp3) is 0. The summed E-state index contributed by atoms with van der Waals surface area (Å²) in [5.41, 5.74) is 0.583. The van der Waals surface area contributed by atoms with E-state index in [1.54, 1.807) is 0 Å².